The van der Waals surface area contributed by atoms with Gasteiger partial charge < -0.3 is 4.90 Å². The van der Waals surface area contributed by atoms with Crippen LogP contribution < -0.4 is 4.90 Å². The van der Waals surface area contributed by atoms with Crippen molar-refractivity contribution in [2.75, 3.05) is 24.4 Å². The number of halogens is 2. The molecule has 1 nitrogen and oxygen atoms in total. The predicted octanol–water partition coefficient (Wildman–Crippen LogP) is 3.27. The van der Waals surface area contributed by atoms with Crippen molar-refractivity contribution >= 4 is 39.9 Å². The molecule has 0 bridgehead atoms. The maximum atomic E-state index is 5.67. The molecule has 0 aliphatic carbocycles. The van der Waals surface area contributed by atoms with Crippen LogP contribution in [0.4, 0.5) is 5.69 Å². The lowest BCUT2D eigenvalue weighted by molar-refractivity contribution is 0.972. The van der Waals surface area contributed by atoms with Crippen LogP contribution in [0.15, 0.2) is 18.2 Å². The van der Waals surface area contributed by atoms with Gasteiger partial charge in [0, 0.05) is 28.7 Å². The molecule has 0 fully saturated rings. The highest BCUT2D eigenvalue weighted by Crippen LogP contribution is 2.19. The quantitative estimate of drug-likeness (QED) is 0.612. The van der Waals surface area contributed by atoms with Crippen LogP contribution in [0, 0.1) is 10.5 Å². The van der Waals surface area contributed by atoms with Crippen LogP contribution in [0.2, 0.25) is 0 Å². The summed E-state index contributed by atoms with van der Waals surface area (Å²) >= 11 is 8.03. The van der Waals surface area contributed by atoms with Gasteiger partial charge in [-0.3, -0.25) is 0 Å². The Morgan fingerprint density at radius 1 is 1.46 bits per heavy atom. The van der Waals surface area contributed by atoms with Gasteiger partial charge in [0.25, 0.3) is 0 Å². The van der Waals surface area contributed by atoms with E-state index in [-0.39, 0.29) is 0 Å². The van der Waals surface area contributed by atoms with Crippen molar-refractivity contribution in [2.24, 2.45) is 0 Å². The number of anilines is 1. The smallest absolute Gasteiger partial charge is 0.0399 e. The molecule has 0 aromatic heterocycles. The first kappa shape index (κ1) is 11.1. The van der Waals surface area contributed by atoms with E-state index in [0.29, 0.717) is 5.88 Å². The van der Waals surface area contributed by atoms with Crippen LogP contribution in [-0.2, 0) is 0 Å². The van der Waals surface area contributed by atoms with E-state index in [2.05, 4.69) is 59.7 Å². The van der Waals surface area contributed by atoms with E-state index in [0.717, 1.165) is 6.54 Å². The molecule has 3 heteroatoms. The lowest BCUT2D eigenvalue weighted by Gasteiger charge is -2.18. The molecule has 1 rings (SSSR count). The molecular weight excluding hydrogens is 296 g/mol. The zero-order valence-electron chi connectivity index (χ0n) is 7.85. The van der Waals surface area contributed by atoms with E-state index in [1.807, 2.05) is 0 Å². The number of hydrogen-bond donors (Lipinski definition) is 0. The topological polar surface area (TPSA) is 3.24 Å². The maximum absolute atomic E-state index is 5.67. The van der Waals surface area contributed by atoms with Crippen LogP contribution in [0.5, 0.6) is 0 Å². The molecule has 1 aromatic carbocycles. The second-order valence-electron chi connectivity index (χ2n) is 3.04. The van der Waals surface area contributed by atoms with Crippen LogP contribution in [-0.4, -0.2) is 19.5 Å². The Labute approximate surface area is 98.2 Å². The largest absolute Gasteiger partial charge is 0.373 e. The minimum absolute atomic E-state index is 0.668. The van der Waals surface area contributed by atoms with Gasteiger partial charge in [-0.05, 0) is 47.2 Å². The molecule has 0 unspecified atom stereocenters. The Hall–Kier alpha value is 0.0400. The summed E-state index contributed by atoms with van der Waals surface area (Å²) in [4.78, 5) is 2.16. The average molecular weight is 310 g/mol. The molecule has 0 radical (unpaired) electrons. The molecule has 0 spiro atoms. The molecule has 0 amide bonds. The van der Waals surface area contributed by atoms with Gasteiger partial charge in [-0.2, -0.15) is 0 Å². The zero-order chi connectivity index (χ0) is 9.84. The van der Waals surface area contributed by atoms with E-state index in [4.69, 9.17) is 11.6 Å². The third kappa shape index (κ3) is 3.02. The first-order valence-electron chi connectivity index (χ1n) is 4.18. The fraction of sp³-hybridized carbons (Fsp3) is 0.400. The van der Waals surface area contributed by atoms with Crippen LogP contribution in [0.3, 0.4) is 0 Å². The number of hydrogen-bond acceptors (Lipinski definition) is 1. The van der Waals surface area contributed by atoms with Crippen molar-refractivity contribution < 1.29 is 0 Å². The fourth-order valence-electron chi connectivity index (χ4n) is 1.08. The van der Waals surface area contributed by atoms with Gasteiger partial charge in [-0.1, -0.05) is 6.07 Å². The summed E-state index contributed by atoms with van der Waals surface area (Å²) in [7, 11) is 2.06. The lowest BCUT2D eigenvalue weighted by Crippen LogP contribution is -2.19. The molecule has 0 N–H and O–H groups in total. The van der Waals surface area contributed by atoms with Crippen molar-refractivity contribution in [2.45, 2.75) is 6.92 Å². The SMILES string of the molecule is Cc1ccc(N(C)CCCl)cc1I. The molecule has 72 valence electrons. The Kier molecular flexibility index (Phi) is 4.32. The van der Waals surface area contributed by atoms with Crippen LogP contribution >= 0.6 is 34.2 Å². The van der Waals surface area contributed by atoms with Crippen molar-refractivity contribution in [1.29, 1.82) is 0 Å². The van der Waals surface area contributed by atoms with E-state index in [9.17, 15) is 0 Å². The number of benzene rings is 1. The highest BCUT2D eigenvalue weighted by Gasteiger charge is 2.01. The highest BCUT2D eigenvalue weighted by atomic mass is 127. The summed E-state index contributed by atoms with van der Waals surface area (Å²) < 4.78 is 1.30. The zero-order valence-corrected chi connectivity index (χ0v) is 10.8. The summed E-state index contributed by atoms with van der Waals surface area (Å²) in [6.45, 7) is 3.01. The standard InChI is InChI=1S/C10H13ClIN/c1-8-3-4-9(7-10(8)12)13(2)6-5-11/h3-4,7H,5-6H2,1-2H3. The van der Waals surface area contributed by atoms with Gasteiger partial charge in [0.15, 0.2) is 0 Å². The van der Waals surface area contributed by atoms with Crippen molar-refractivity contribution in [1.82, 2.24) is 0 Å². The Bertz CT molecular complexity index is 288. The number of alkyl halides is 1. The van der Waals surface area contributed by atoms with Gasteiger partial charge >= 0.3 is 0 Å². The van der Waals surface area contributed by atoms with Crippen molar-refractivity contribution in [3.8, 4) is 0 Å². The molecule has 0 saturated carbocycles. The van der Waals surface area contributed by atoms with Crippen LogP contribution in [0.1, 0.15) is 5.56 Å². The Morgan fingerprint density at radius 2 is 2.15 bits per heavy atom. The first-order valence-corrected chi connectivity index (χ1v) is 5.79. The van der Waals surface area contributed by atoms with Crippen molar-refractivity contribution in [3.63, 3.8) is 0 Å². The van der Waals surface area contributed by atoms with Gasteiger partial charge in [-0.25, -0.2) is 0 Å². The van der Waals surface area contributed by atoms with Gasteiger partial charge in [0.1, 0.15) is 0 Å². The molecule has 0 saturated heterocycles. The monoisotopic (exact) mass is 309 g/mol. The molecule has 0 atom stereocenters. The van der Waals surface area contributed by atoms with Crippen molar-refractivity contribution in [3.05, 3.63) is 27.3 Å². The third-order valence-electron chi connectivity index (χ3n) is 2.02. The molecular formula is C10H13ClIN. The predicted molar refractivity (Wildman–Crippen MR) is 67.9 cm³/mol. The summed E-state index contributed by atoms with van der Waals surface area (Å²) in [5.74, 6) is 0.668. The summed E-state index contributed by atoms with van der Waals surface area (Å²) in [6, 6.07) is 6.45. The van der Waals surface area contributed by atoms with Crippen LogP contribution in [0.25, 0.3) is 0 Å². The number of aryl methyl sites for hydroxylation is 1. The number of rotatable bonds is 3. The molecule has 1 aromatic rings. The maximum Gasteiger partial charge on any atom is 0.0399 e. The third-order valence-corrected chi connectivity index (χ3v) is 3.35. The highest BCUT2D eigenvalue weighted by molar-refractivity contribution is 14.1. The lowest BCUT2D eigenvalue weighted by atomic mass is 10.2. The van der Waals surface area contributed by atoms with E-state index in [1.165, 1.54) is 14.8 Å². The molecule has 0 heterocycles. The first-order chi connectivity index (χ1) is 6.15. The van der Waals surface area contributed by atoms with E-state index < -0.39 is 0 Å². The second kappa shape index (κ2) is 5.05. The molecule has 0 aliphatic heterocycles. The normalized spacial score (nSPS) is 10.2. The second-order valence-corrected chi connectivity index (χ2v) is 4.58. The summed E-state index contributed by atoms with van der Waals surface area (Å²) in [5.41, 5.74) is 2.55. The summed E-state index contributed by atoms with van der Waals surface area (Å²) in [5, 5.41) is 0. The average Bonchev–Trinajstić information content (AvgIpc) is 2.10. The van der Waals surface area contributed by atoms with Gasteiger partial charge in [-0.15, -0.1) is 11.6 Å². The van der Waals surface area contributed by atoms with Gasteiger partial charge in [0.05, 0.1) is 0 Å². The molecule has 13 heavy (non-hydrogen) atoms. The van der Waals surface area contributed by atoms with Gasteiger partial charge in [0.2, 0.25) is 0 Å². The Balaban J connectivity index is 2.84. The number of nitrogens with zero attached hydrogens (tertiary/aromatic N) is 1. The van der Waals surface area contributed by atoms with E-state index >= 15 is 0 Å². The minimum Gasteiger partial charge on any atom is -0.373 e. The Morgan fingerprint density at radius 3 is 2.69 bits per heavy atom. The summed E-state index contributed by atoms with van der Waals surface area (Å²) in [6.07, 6.45) is 0. The molecule has 0 aliphatic rings. The fourth-order valence-corrected chi connectivity index (χ4v) is 1.83. The minimum atomic E-state index is 0.668. The van der Waals surface area contributed by atoms with E-state index in [1.54, 1.807) is 0 Å².